The Kier molecular flexibility index (Phi) is 6.37. The van der Waals surface area contributed by atoms with E-state index in [0.717, 1.165) is 28.6 Å². The van der Waals surface area contributed by atoms with Crippen molar-refractivity contribution < 1.29 is 21.0 Å². The van der Waals surface area contributed by atoms with E-state index in [-0.39, 0.29) is 6.54 Å². The van der Waals surface area contributed by atoms with E-state index in [4.69, 9.17) is 3.07 Å². The molecule has 0 N–H and O–H groups in total. The third kappa shape index (κ3) is 4.70. The molecule has 1 saturated carbocycles. The molecule has 3 nitrogen and oxygen atoms in total. The van der Waals surface area contributed by atoms with Crippen LogP contribution in [0.15, 0.2) is 77.7 Å². The molecule has 1 fully saturated rings. The van der Waals surface area contributed by atoms with Gasteiger partial charge < -0.3 is 7.63 Å². The molecule has 34 heavy (non-hydrogen) atoms. The molecule has 4 aromatic rings. The number of hydrogen-bond acceptors (Lipinski definition) is 3. The van der Waals surface area contributed by atoms with Crippen molar-refractivity contribution in [2.24, 2.45) is 0 Å². The standard InChI is InChI=1S/C26H19F3INO2S/c27-26(28,29)18-5-3-4-16(14-18)15-31-22-7-2-1-6-21(22)23(24(31)25(32)33-30)17-8-10-19(11-9-17)34-20-12-13-20/h1-11,14,20H,12-13,15H2. The summed E-state index contributed by atoms with van der Waals surface area (Å²) in [5, 5.41) is 1.53. The van der Waals surface area contributed by atoms with Gasteiger partial charge >= 0.3 is 12.1 Å². The van der Waals surface area contributed by atoms with Crippen LogP contribution >= 0.6 is 34.8 Å². The highest BCUT2D eigenvalue weighted by Gasteiger charge is 2.31. The summed E-state index contributed by atoms with van der Waals surface area (Å²) < 4.78 is 46.7. The third-order valence-electron chi connectivity index (χ3n) is 5.80. The quantitative estimate of drug-likeness (QED) is 0.212. The first-order valence-electron chi connectivity index (χ1n) is 10.7. The van der Waals surface area contributed by atoms with E-state index >= 15 is 0 Å². The zero-order valence-electron chi connectivity index (χ0n) is 17.8. The molecule has 0 aliphatic heterocycles. The Labute approximate surface area is 213 Å². The van der Waals surface area contributed by atoms with E-state index in [9.17, 15) is 18.0 Å². The maximum Gasteiger partial charge on any atom is 0.416 e. The number of rotatable bonds is 6. The molecule has 1 heterocycles. The first-order valence-corrected chi connectivity index (χ1v) is 12.5. The second-order valence-corrected chi connectivity index (χ2v) is 10.0. The van der Waals surface area contributed by atoms with Gasteiger partial charge in [0.1, 0.15) is 5.69 Å². The van der Waals surface area contributed by atoms with Gasteiger partial charge in [-0.2, -0.15) is 13.2 Å². The Balaban J connectivity index is 1.64. The van der Waals surface area contributed by atoms with Crippen LogP contribution in [0, 0.1) is 0 Å². The molecule has 0 atom stereocenters. The lowest BCUT2D eigenvalue weighted by Crippen LogP contribution is -2.12. The SMILES string of the molecule is O=C(OI)c1c(-c2ccc(SC3CC3)cc2)c2ccccc2n1Cc1cccc(C(F)(F)F)c1. The van der Waals surface area contributed by atoms with Gasteiger partial charge in [0, 0.05) is 33.2 Å². The van der Waals surface area contributed by atoms with Gasteiger partial charge in [0.15, 0.2) is 23.0 Å². The van der Waals surface area contributed by atoms with E-state index in [1.165, 1.54) is 23.8 Å². The highest BCUT2D eigenvalue weighted by molar-refractivity contribution is 14.1. The van der Waals surface area contributed by atoms with Crippen molar-refractivity contribution in [2.75, 3.05) is 0 Å². The largest absolute Gasteiger partial charge is 0.416 e. The van der Waals surface area contributed by atoms with Gasteiger partial charge in [-0.1, -0.05) is 42.5 Å². The first-order chi connectivity index (χ1) is 16.3. The van der Waals surface area contributed by atoms with E-state index in [1.807, 2.05) is 48.2 Å². The normalized spacial score (nSPS) is 13.9. The number of thioether (sulfide) groups is 1. The van der Waals surface area contributed by atoms with Crippen LogP contribution in [0.1, 0.15) is 34.5 Å². The third-order valence-corrected chi connectivity index (χ3v) is 7.55. The highest BCUT2D eigenvalue weighted by Crippen LogP contribution is 2.41. The predicted molar refractivity (Wildman–Crippen MR) is 136 cm³/mol. The Morgan fingerprint density at radius 3 is 2.44 bits per heavy atom. The number of carbonyl (C=O) groups excluding carboxylic acids is 1. The summed E-state index contributed by atoms with van der Waals surface area (Å²) in [6.45, 7) is 0.0983. The molecule has 0 bridgehead atoms. The molecule has 1 aromatic heterocycles. The molecule has 5 rings (SSSR count). The van der Waals surface area contributed by atoms with Gasteiger partial charge in [0.2, 0.25) is 0 Å². The van der Waals surface area contributed by atoms with Gasteiger partial charge in [0.25, 0.3) is 0 Å². The van der Waals surface area contributed by atoms with Crippen molar-refractivity contribution in [3.05, 3.63) is 89.6 Å². The van der Waals surface area contributed by atoms with Crippen molar-refractivity contribution in [2.45, 2.75) is 35.7 Å². The molecule has 0 unspecified atom stereocenters. The summed E-state index contributed by atoms with van der Waals surface area (Å²) in [5.74, 6) is -0.546. The average Bonchev–Trinajstić information content (AvgIpc) is 3.59. The molecule has 0 spiro atoms. The molecule has 3 aromatic carbocycles. The van der Waals surface area contributed by atoms with E-state index < -0.39 is 17.7 Å². The van der Waals surface area contributed by atoms with Crippen LogP contribution in [-0.2, 0) is 15.8 Å². The molecule has 1 aliphatic carbocycles. The number of hydrogen-bond donors (Lipinski definition) is 0. The van der Waals surface area contributed by atoms with E-state index in [0.29, 0.717) is 22.1 Å². The zero-order valence-corrected chi connectivity index (χ0v) is 20.8. The summed E-state index contributed by atoms with van der Waals surface area (Å²) in [7, 11) is 0. The van der Waals surface area contributed by atoms with E-state index in [2.05, 4.69) is 12.1 Å². The second-order valence-electron chi connectivity index (χ2n) is 8.23. The molecule has 0 saturated heterocycles. The Morgan fingerprint density at radius 1 is 1.03 bits per heavy atom. The molecule has 0 amide bonds. The lowest BCUT2D eigenvalue weighted by atomic mass is 10.0. The van der Waals surface area contributed by atoms with Crippen molar-refractivity contribution in [3.8, 4) is 11.1 Å². The van der Waals surface area contributed by atoms with Crippen LogP contribution < -0.4 is 0 Å². The fourth-order valence-corrected chi connectivity index (χ4v) is 5.37. The van der Waals surface area contributed by atoms with Crippen molar-refractivity contribution in [3.63, 3.8) is 0 Å². The Bertz CT molecular complexity index is 1360. The summed E-state index contributed by atoms with van der Waals surface area (Å²) >= 11 is 3.40. The van der Waals surface area contributed by atoms with Crippen LogP contribution in [0.3, 0.4) is 0 Å². The number of nitrogens with zero attached hydrogens (tertiary/aromatic N) is 1. The van der Waals surface area contributed by atoms with E-state index in [1.54, 1.807) is 33.6 Å². The fraction of sp³-hybridized carbons (Fsp3) is 0.192. The zero-order chi connectivity index (χ0) is 23.9. The number of halogens is 4. The van der Waals surface area contributed by atoms with Gasteiger partial charge in [-0.25, -0.2) is 4.79 Å². The van der Waals surface area contributed by atoms with Crippen LogP contribution in [0.25, 0.3) is 22.0 Å². The monoisotopic (exact) mass is 593 g/mol. The van der Waals surface area contributed by atoms with Crippen LogP contribution in [0.4, 0.5) is 13.2 Å². The summed E-state index contributed by atoms with van der Waals surface area (Å²) in [6, 6.07) is 20.8. The van der Waals surface area contributed by atoms with Gasteiger partial charge in [-0.3, -0.25) is 0 Å². The molecular weight excluding hydrogens is 574 g/mol. The second kappa shape index (κ2) is 9.30. The van der Waals surface area contributed by atoms with Crippen LogP contribution in [0.5, 0.6) is 0 Å². The minimum Gasteiger partial charge on any atom is -0.390 e. The first kappa shape index (κ1) is 23.3. The maximum atomic E-state index is 13.3. The van der Waals surface area contributed by atoms with Crippen molar-refractivity contribution in [1.82, 2.24) is 4.57 Å². The van der Waals surface area contributed by atoms with Crippen molar-refractivity contribution in [1.29, 1.82) is 0 Å². The average molecular weight is 593 g/mol. The minimum absolute atomic E-state index is 0.0983. The smallest absolute Gasteiger partial charge is 0.390 e. The number of aromatic nitrogens is 1. The van der Waals surface area contributed by atoms with Gasteiger partial charge in [-0.05, 0) is 54.3 Å². The fourth-order valence-electron chi connectivity index (χ4n) is 4.12. The maximum absolute atomic E-state index is 13.3. The summed E-state index contributed by atoms with van der Waals surface area (Å²) in [6.07, 6.45) is -1.97. The van der Waals surface area contributed by atoms with Crippen LogP contribution in [0.2, 0.25) is 0 Å². The number of fused-ring (bicyclic) bond motifs is 1. The molecule has 1 aliphatic rings. The number of carbonyl (C=O) groups is 1. The molecule has 8 heteroatoms. The number of para-hydroxylation sites is 1. The lowest BCUT2D eigenvalue weighted by molar-refractivity contribution is -0.137. The number of alkyl halides is 3. The molecule has 0 radical (unpaired) electrons. The molecular formula is C26H19F3INO2S. The van der Waals surface area contributed by atoms with Crippen molar-refractivity contribution >= 4 is 51.6 Å². The lowest BCUT2D eigenvalue weighted by Gasteiger charge is -2.13. The Hall–Kier alpha value is -2.46. The summed E-state index contributed by atoms with van der Waals surface area (Å²) in [5.41, 5.74) is 2.37. The topological polar surface area (TPSA) is 31.2 Å². The predicted octanol–water partition coefficient (Wildman–Crippen LogP) is 8.14. The van der Waals surface area contributed by atoms with Gasteiger partial charge in [0.05, 0.1) is 5.56 Å². The Morgan fingerprint density at radius 2 is 1.76 bits per heavy atom. The minimum atomic E-state index is -4.44. The van der Waals surface area contributed by atoms with Crippen LogP contribution in [-0.4, -0.2) is 15.8 Å². The van der Waals surface area contributed by atoms with Gasteiger partial charge in [-0.15, -0.1) is 11.8 Å². The highest BCUT2D eigenvalue weighted by atomic mass is 127. The summed E-state index contributed by atoms with van der Waals surface area (Å²) in [4.78, 5) is 14.2. The molecule has 174 valence electrons. The number of benzene rings is 3.